The molecule has 1 aromatic rings. The minimum Gasteiger partial charge on any atom is -0.326 e. The van der Waals surface area contributed by atoms with Crippen molar-refractivity contribution in [3.05, 3.63) is 22.4 Å². The van der Waals surface area contributed by atoms with Crippen LogP contribution in [0.2, 0.25) is 0 Å². The lowest BCUT2D eigenvalue weighted by Gasteiger charge is -2.35. The van der Waals surface area contributed by atoms with Gasteiger partial charge in [0.15, 0.2) is 0 Å². The van der Waals surface area contributed by atoms with Crippen LogP contribution in [0.15, 0.2) is 16.8 Å². The van der Waals surface area contributed by atoms with Gasteiger partial charge in [-0.05, 0) is 41.1 Å². The maximum atomic E-state index is 6.20. The molecule has 0 aromatic carbocycles. The molecule has 3 unspecified atom stereocenters. The van der Waals surface area contributed by atoms with Gasteiger partial charge in [0.1, 0.15) is 0 Å². The first-order chi connectivity index (χ1) is 7.31. The van der Waals surface area contributed by atoms with E-state index in [2.05, 4.69) is 29.1 Å². The Labute approximate surface area is 95.9 Å². The molecule has 2 nitrogen and oxygen atoms in total. The molecule has 15 heavy (non-hydrogen) atoms. The van der Waals surface area contributed by atoms with Gasteiger partial charge < -0.3 is 11.1 Å². The lowest BCUT2D eigenvalue weighted by atomic mass is 9.85. The molecule has 3 N–H and O–H groups in total. The van der Waals surface area contributed by atoms with E-state index in [0.29, 0.717) is 18.0 Å². The molecule has 1 aliphatic heterocycles. The van der Waals surface area contributed by atoms with Gasteiger partial charge in [-0.3, -0.25) is 0 Å². The number of piperidine rings is 1. The van der Waals surface area contributed by atoms with Crippen LogP contribution in [0.4, 0.5) is 0 Å². The van der Waals surface area contributed by atoms with Crippen LogP contribution in [0.25, 0.3) is 0 Å². The fourth-order valence-corrected chi connectivity index (χ4v) is 3.15. The third-order valence-corrected chi connectivity index (χ3v) is 4.02. The molecular weight excluding hydrogens is 204 g/mol. The van der Waals surface area contributed by atoms with E-state index in [1.165, 1.54) is 18.4 Å². The summed E-state index contributed by atoms with van der Waals surface area (Å²) in [5, 5.41) is 7.99. The summed E-state index contributed by atoms with van der Waals surface area (Å²) in [6, 6.07) is 3.08. The van der Waals surface area contributed by atoms with Gasteiger partial charge in [-0.2, -0.15) is 11.3 Å². The first-order valence-corrected chi connectivity index (χ1v) is 6.76. The average molecular weight is 224 g/mol. The highest BCUT2D eigenvalue weighted by Crippen LogP contribution is 2.27. The fraction of sp³-hybridized carbons (Fsp3) is 0.667. The minimum absolute atomic E-state index is 0.323. The van der Waals surface area contributed by atoms with Crippen LogP contribution >= 0.6 is 11.3 Å². The number of nitrogens with two attached hydrogens (primary N) is 1. The van der Waals surface area contributed by atoms with Crippen LogP contribution in [-0.2, 0) is 0 Å². The van der Waals surface area contributed by atoms with E-state index in [-0.39, 0.29) is 0 Å². The molecule has 3 heteroatoms. The van der Waals surface area contributed by atoms with Crippen LogP contribution in [0.3, 0.4) is 0 Å². The third-order valence-electron chi connectivity index (χ3n) is 3.31. The first kappa shape index (κ1) is 11.1. The number of thiophene rings is 1. The summed E-state index contributed by atoms with van der Waals surface area (Å²) in [6.45, 7) is 3.31. The molecule has 1 fully saturated rings. The molecule has 2 heterocycles. The highest BCUT2D eigenvalue weighted by molar-refractivity contribution is 7.07. The second-order valence-corrected chi connectivity index (χ2v) is 5.24. The monoisotopic (exact) mass is 224 g/mol. The van der Waals surface area contributed by atoms with Crippen molar-refractivity contribution >= 4 is 11.3 Å². The van der Waals surface area contributed by atoms with Gasteiger partial charge in [-0.25, -0.2) is 0 Å². The Kier molecular flexibility index (Phi) is 3.78. The SMILES string of the molecule is CCCC1NCC(c2ccsc2)CC1N. The van der Waals surface area contributed by atoms with Crippen LogP contribution < -0.4 is 11.1 Å². The average Bonchev–Trinajstić information content (AvgIpc) is 2.74. The van der Waals surface area contributed by atoms with Gasteiger partial charge in [0, 0.05) is 18.6 Å². The highest BCUT2D eigenvalue weighted by Gasteiger charge is 2.27. The van der Waals surface area contributed by atoms with Crippen molar-refractivity contribution < 1.29 is 0 Å². The zero-order valence-corrected chi connectivity index (χ0v) is 10.1. The topological polar surface area (TPSA) is 38.0 Å². The van der Waals surface area contributed by atoms with Crippen molar-refractivity contribution in [3.63, 3.8) is 0 Å². The van der Waals surface area contributed by atoms with E-state index in [4.69, 9.17) is 5.73 Å². The molecule has 1 saturated heterocycles. The van der Waals surface area contributed by atoms with Gasteiger partial charge in [0.05, 0.1) is 0 Å². The molecule has 84 valence electrons. The number of rotatable bonds is 3. The molecule has 0 spiro atoms. The second-order valence-electron chi connectivity index (χ2n) is 4.46. The van der Waals surface area contributed by atoms with Gasteiger partial charge in [-0.15, -0.1) is 0 Å². The fourth-order valence-electron chi connectivity index (χ4n) is 2.41. The maximum Gasteiger partial charge on any atom is 0.0219 e. The van der Waals surface area contributed by atoms with Crippen molar-refractivity contribution in [2.24, 2.45) is 5.73 Å². The molecule has 0 radical (unpaired) electrons. The Hall–Kier alpha value is -0.380. The van der Waals surface area contributed by atoms with Gasteiger partial charge in [-0.1, -0.05) is 13.3 Å². The Bertz CT molecular complexity index is 284. The molecule has 3 atom stereocenters. The summed E-state index contributed by atoms with van der Waals surface area (Å²) in [6.07, 6.45) is 3.56. The van der Waals surface area contributed by atoms with Crippen LogP contribution in [-0.4, -0.2) is 18.6 Å². The summed E-state index contributed by atoms with van der Waals surface area (Å²) >= 11 is 1.78. The summed E-state index contributed by atoms with van der Waals surface area (Å²) in [4.78, 5) is 0. The Morgan fingerprint density at radius 2 is 2.47 bits per heavy atom. The van der Waals surface area contributed by atoms with Gasteiger partial charge >= 0.3 is 0 Å². The molecule has 0 bridgehead atoms. The molecular formula is C12H20N2S. The number of hydrogen-bond donors (Lipinski definition) is 2. The normalized spacial score (nSPS) is 31.7. The van der Waals surface area contributed by atoms with Gasteiger partial charge in [0.2, 0.25) is 0 Å². The number of hydrogen-bond acceptors (Lipinski definition) is 3. The highest BCUT2D eigenvalue weighted by atomic mass is 32.1. The van der Waals surface area contributed by atoms with Crippen molar-refractivity contribution in [1.29, 1.82) is 0 Å². The van der Waals surface area contributed by atoms with Gasteiger partial charge in [0.25, 0.3) is 0 Å². The molecule has 1 aliphatic rings. The lowest BCUT2D eigenvalue weighted by molar-refractivity contribution is 0.306. The van der Waals surface area contributed by atoms with Crippen molar-refractivity contribution in [2.75, 3.05) is 6.54 Å². The van der Waals surface area contributed by atoms with Crippen LogP contribution in [0, 0.1) is 0 Å². The van der Waals surface area contributed by atoms with E-state index in [1.807, 2.05) is 0 Å². The number of nitrogens with one attached hydrogen (secondary N) is 1. The molecule has 0 aliphatic carbocycles. The molecule has 1 aromatic heterocycles. The predicted octanol–water partition coefficient (Wildman–Crippen LogP) is 2.32. The van der Waals surface area contributed by atoms with E-state index in [1.54, 1.807) is 11.3 Å². The smallest absolute Gasteiger partial charge is 0.0219 e. The van der Waals surface area contributed by atoms with Crippen LogP contribution in [0.1, 0.15) is 37.7 Å². The standard InChI is InChI=1S/C12H20N2S/c1-2-3-12-11(13)6-10(7-14-12)9-4-5-15-8-9/h4-5,8,10-12,14H,2-3,6-7,13H2,1H3. The minimum atomic E-state index is 0.323. The van der Waals surface area contributed by atoms with E-state index >= 15 is 0 Å². The maximum absolute atomic E-state index is 6.20. The zero-order chi connectivity index (χ0) is 10.7. The quantitative estimate of drug-likeness (QED) is 0.827. The first-order valence-electron chi connectivity index (χ1n) is 5.82. The van der Waals surface area contributed by atoms with Crippen molar-refractivity contribution in [1.82, 2.24) is 5.32 Å². The summed E-state index contributed by atoms with van der Waals surface area (Å²) < 4.78 is 0. The van der Waals surface area contributed by atoms with Crippen molar-refractivity contribution in [2.45, 2.75) is 44.2 Å². The van der Waals surface area contributed by atoms with Crippen molar-refractivity contribution in [3.8, 4) is 0 Å². The summed E-state index contributed by atoms with van der Waals surface area (Å²) in [7, 11) is 0. The Morgan fingerprint density at radius 1 is 1.60 bits per heavy atom. The van der Waals surface area contributed by atoms with E-state index < -0.39 is 0 Å². The Balaban J connectivity index is 1.94. The Morgan fingerprint density at radius 3 is 3.07 bits per heavy atom. The molecule has 2 rings (SSSR count). The molecule has 0 saturated carbocycles. The third kappa shape index (κ3) is 2.60. The molecule has 0 amide bonds. The largest absolute Gasteiger partial charge is 0.326 e. The second kappa shape index (κ2) is 5.10. The van der Waals surface area contributed by atoms with E-state index in [9.17, 15) is 0 Å². The predicted molar refractivity (Wildman–Crippen MR) is 66.4 cm³/mol. The lowest BCUT2D eigenvalue weighted by Crippen LogP contribution is -2.51. The zero-order valence-electron chi connectivity index (χ0n) is 9.28. The summed E-state index contributed by atoms with van der Waals surface area (Å²) in [5.74, 6) is 0.624. The van der Waals surface area contributed by atoms with E-state index in [0.717, 1.165) is 13.0 Å². The van der Waals surface area contributed by atoms with Crippen LogP contribution in [0.5, 0.6) is 0 Å². The summed E-state index contributed by atoms with van der Waals surface area (Å²) in [5.41, 5.74) is 7.66.